The molecule has 2 aromatic rings. The minimum Gasteiger partial charge on any atom is -0.494 e. The van der Waals surface area contributed by atoms with Crippen molar-refractivity contribution in [2.75, 3.05) is 40.6 Å². The zero-order chi connectivity index (χ0) is 22.2. The molecule has 0 amide bonds. The summed E-state index contributed by atoms with van der Waals surface area (Å²) < 4.78 is 22.7. The number of aliphatic hydroxyl groups excluding tert-OH is 1. The normalized spacial score (nSPS) is 19.4. The van der Waals surface area contributed by atoms with Gasteiger partial charge < -0.3 is 24.1 Å². The molecule has 0 aliphatic carbocycles. The standard InChI is InChI=1S/C25H35NO5/c1-18(2)10-12-30-21-7-5-6-19(14-21)16-26-11-13-31-24(17-27)25(26)20-8-9-22(28-3)23(15-20)29-4/h5-9,14-15,18,24-25,27H,10-13,16-17H2,1-4H3/t24-,25-/m1/s1. The number of morpholine rings is 1. The van der Waals surface area contributed by atoms with E-state index in [0.29, 0.717) is 24.0 Å². The van der Waals surface area contributed by atoms with Crippen LogP contribution in [0.15, 0.2) is 42.5 Å². The maximum Gasteiger partial charge on any atom is 0.161 e. The third-order valence-electron chi connectivity index (χ3n) is 5.63. The predicted molar refractivity (Wildman–Crippen MR) is 121 cm³/mol. The number of hydrogen-bond donors (Lipinski definition) is 1. The highest BCUT2D eigenvalue weighted by molar-refractivity contribution is 5.44. The van der Waals surface area contributed by atoms with Crippen molar-refractivity contribution < 1.29 is 24.1 Å². The van der Waals surface area contributed by atoms with E-state index in [2.05, 4.69) is 30.9 Å². The van der Waals surface area contributed by atoms with Crippen LogP contribution in [-0.2, 0) is 11.3 Å². The molecule has 1 aliphatic heterocycles. The zero-order valence-corrected chi connectivity index (χ0v) is 19.0. The van der Waals surface area contributed by atoms with Crippen LogP contribution in [-0.4, -0.2) is 56.7 Å². The smallest absolute Gasteiger partial charge is 0.161 e. The third-order valence-corrected chi connectivity index (χ3v) is 5.63. The Morgan fingerprint density at radius 1 is 1.10 bits per heavy atom. The second kappa shape index (κ2) is 11.4. The lowest BCUT2D eigenvalue weighted by atomic mass is 9.97. The summed E-state index contributed by atoms with van der Waals surface area (Å²) in [6, 6.07) is 14.1. The number of hydrogen-bond acceptors (Lipinski definition) is 6. The molecule has 0 bridgehead atoms. The summed E-state index contributed by atoms with van der Waals surface area (Å²) >= 11 is 0. The van der Waals surface area contributed by atoms with E-state index in [1.165, 1.54) is 5.56 Å². The van der Waals surface area contributed by atoms with Crippen LogP contribution in [0, 0.1) is 5.92 Å². The summed E-state index contributed by atoms with van der Waals surface area (Å²) in [6.07, 6.45) is 0.727. The minimum absolute atomic E-state index is 0.0478. The van der Waals surface area contributed by atoms with E-state index in [4.69, 9.17) is 18.9 Å². The number of nitrogens with zero attached hydrogens (tertiary/aromatic N) is 1. The second-order valence-corrected chi connectivity index (χ2v) is 8.30. The van der Waals surface area contributed by atoms with Gasteiger partial charge >= 0.3 is 0 Å². The van der Waals surface area contributed by atoms with Crippen LogP contribution in [0.5, 0.6) is 17.2 Å². The molecule has 0 radical (unpaired) electrons. The first-order valence-corrected chi connectivity index (χ1v) is 11.0. The Labute approximate surface area is 185 Å². The number of rotatable bonds is 10. The maximum absolute atomic E-state index is 9.99. The van der Waals surface area contributed by atoms with Crippen molar-refractivity contribution in [2.45, 2.75) is 39.0 Å². The summed E-state index contributed by atoms with van der Waals surface area (Å²) in [5.74, 6) is 2.87. The molecule has 3 rings (SSSR count). The van der Waals surface area contributed by atoms with E-state index < -0.39 is 0 Å². The van der Waals surface area contributed by atoms with Crippen LogP contribution in [0.1, 0.15) is 37.4 Å². The van der Waals surface area contributed by atoms with Gasteiger partial charge in [-0.15, -0.1) is 0 Å². The molecule has 170 valence electrons. The highest BCUT2D eigenvalue weighted by atomic mass is 16.5. The average Bonchev–Trinajstić information content (AvgIpc) is 2.78. The maximum atomic E-state index is 9.99. The molecular weight excluding hydrogens is 394 g/mol. The van der Waals surface area contributed by atoms with Crippen molar-refractivity contribution >= 4 is 0 Å². The summed E-state index contributed by atoms with van der Waals surface area (Å²) in [7, 11) is 3.26. The van der Waals surface area contributed by atoms with Crippen LogP contribution in [0.3, 0.4) is 0 Å². The average molecular weight is 430 g/mol. The predicted octanol–water partition coefficient (Wildman–Crippen LogP) is 4.06. The van der Waals surface area contributed by atoms with Crippen molar-refractivity contribution in [1.29, 1.82) is 0 Å². The molecule has 6 nitrogen and oxygen atoms in total. The molecule has 1 saturated heterocycles. The van der Waals surface area contributed by atoms with Crippen molar-refractivity contribution in [3.8, 4) is 17.2 Å². The zero-order valence-electron chi connectivity index (χ0n) is 19.0. The molecular formula is C25H35NO5. The van der Waals surface area contributed by atoms with E-state index in [1.54, 1.807) is 14.2 Å². The minimum atomic E-state index is -0.308. The lowest BCUT2D eigenvalue weighted by Gasteiger charge is -2.41. The van der Waals surface area contributed by atoms with E-state index >= 15 is 0 Å². The van der Waals surface area contributed by atoms with Crippen molar-refractivity contribution in [1.82, 2.24) is 4.90 Å². The molecule has 1 fully saturated rings. The van der Waals surface area contributed by atoms with Gasteiger partial charge in [0.1, 0.15) is 11.9 Å². The van der Waals surface area contributed by atoms with Crippen LogP contribution in [0.25, 0.3) is 0 Å². The largest absolute Gasteiger partial charge is 0.494 e. The number of methoxy groups -OCH3 is 2. The van der Waals surface area contributed by atoms with E-state index in [-0.39, 0.29) is 18.8 Å². The van der Waals surface area contributed by atoms with Crippen LogP contribution < -0.4 is 14.2 Å². The molecule has 0 aromatic heterocycles. The number of benzene rings is 2. The molecule has 0 spiro atoms. The van der Waals surface area contributed by atoms with Gasteiger partial charge in [-0.3, -0.25) is 4.90 Å². The Balaban J connectivity index is 1.80. The SMILES string of the molecule is COc1ccc([C@@H]2[C@@H](CO)OCCN2Cc2cccc(OCCC(C)C)c2)cc1OC. The fourth-order valence-corrected chi connectivity index (χ4v) is 3.96. The number of aliphatic hydroxyl groups is 1. The summed E-state index contributed by atoms with van der Waals surface area (Å²) in [5, 5.41) is 9.99. The van der Waals surface area contributed by atoms with Gasteiger partial charge in [-0.25, -0.2) is 0 Å². The van der Waals surface area contributed by atoms with Gasteiger partial charge in [0.2, 0.25) is 0 Å². The molecule has 1 aliphatic rings. The van der Waals surface area contributed by atoms with Crippen molar-refractivity contribution in [3.63, 3.8) is 0 Å². The Bertz CT molecular complexity index is 825. The number of ether oxygens (including phenoxy) is 4. The Morgan fingerprint density at radius 2 is 1.90 bits per heavy atom. The van der Waals surface area contributed by atoms with Crippen molar-refractivity contribution in [3.05, 3.63) is 53.6 Å². The lowest BCUT2D eigenvalue weighted by molar-refractivity contribution is -0.0961. The molecule has 2 aromatic carbocycles. The topological polar surface area (TPSA) is 60.4 Å². The van der Waals surface area contributed by atoms with E-state index in [9.17, 15) is 5.11 Å². The first-order chi connectivity index (χ1) is 15.0. The first kappa shape index (κ1) is 23.4. The summed E-state index contributed by atoms with van der Waals surface area (Å²) in [4.78, 5) is 2.35. The molecule has 6 heteroatoms. The quantitative estimate of drug-likeness (QED) is 0.615. The first-order valence-electron chi connectivity index (χ1n) is 11.0. The van der Waals surface area contributed by atoms with Gasteiger partial charge in [0, 0.05) is 13.1 Å². The molecule has 2 atom stereocenters. The lowest BCUT2D eigenvalue weighted by Crippen LogP contribution is -2.46. The Kier molecular flexibility index (Phi) is 8.58. The molecule has 1 heterocycles. The second-order valence-electron chi connectivity index (χ2n) is 8.30. The van der Waals surface area contributed by atoms with Crippen LogP contribution in [0.2, 0.25) is 0 Å². The van der Waals surface area contributed by atoms with Gasteiger partial charge in [0.15, 0.2) is 11.5 Å². The van der Waals surface area contributed by atoms with Gasteiger partial charge in [-0.1, -0.05) is 32.0 Å². The highest BCUT2D eigenvalue weighted by Gasteiger charge is 2.33. The van der Waals surface area contributed by atoms with Gasteiger partial charge in [0.25, 0.3) is 0 Å². The monoisotopic (exact) mass is 429 g/mol. The highest BCUT2D eigenvalue weighted by Crippen LogP contribution is 2.36. The third kappa shape index (κ3) is 6.12. The fourth-order valence-electron chi connectivity index (χ4n) is 3.96. The van der Waals surface area contributed by atoms with Crippen molar-refractivity contribution in [2.24, 2.45) is 5.92 Å². The van der Waals surface area contributed by atoms with E-state index in [0.717, 1.165) is 37.4 Å². The summed E-state index contributed by atoms with van der Waals surface area (Å²) in [5.41, 5.74) is 2.20. The fraction of sp³-hybridized carbons (Fsp3) is 0.520. The van der Waals surface area contributed by atoms with Crippen LogP contribution >= 0.6 is 0 Å². The van der Waals surface area contributed by atoms with Gasteiger partial charge in [-0.05, 0) is 47.7 Å². The molecule has 31 heavy (non-hydrogen) atoms. The van der Waals surface area contributed by atoms with E-state index in [1.807, 2.05) is 30.3 Å². The van der Waals surface area contributed by atoms with Gasteiger partial charge in [-0.2, -0.15) is 0 Å². The molecule has 0 unspecified atom stereocenters. The van der Waals surface area contributed by atoms with Gasteiger partial charge in [0.05, 0.1) is 40.1 Å². The molecule has 0 saturated carbocycles. The summed E-state index contributed by atoms with van der Waals surface area (Å²) in [6.45, 7) is 7.16. The van der Waals surface area contributed by atoms with Crippen LogP contribution in [0.4, 0.5) is 0 Å². The Hall–Kier alpha value is -2.28. The Morgan fingerprint density at radius 3 is 2.61 bits per heavy atom. The molecule has 1 N–H and O–H groups in total.